The Balaban J connectivity index is 2.99. The number of benzene rings is 1. The van der Waals surface area contributed by atoms with Gasteiger partial charge in [-0.05, 0) is 19.1 Å². The number of halogens is 3. The van der Waals surface area contributed by atoms with E-state index in [0.717, 1.165) is 0 Å². The summed E-state index contributed by atoms with van der Waals surface area (Å²) in [5.41, 5.74) is 5.39. The van der Waals surface area contributed by atoms with Gasteiger partial charge in [0.25, 0.3) is 0 Å². The molecule has 0 fully saturated rings. The highest BCUT2D eigenvalue weighted by Crippen LogP contribution is 2.19. The smallest absolute Gasteiger partial charge is 0.243 e. The van der Waals surface area contributed by atoms with Crippen LogP contribution in [-0.4, -0.2) is 32.2 Å². The summed E-state index contributed by atoms with van der Waals surface area (Å²) in [7, 11) is -4.38. The third-order valence-electron chi connectivity index (χ3n) is 2.42. The van der Waals surface area contributed by atoms with Crippen molar-refractivity contribution in [3.8, 4) is 0 Å². The van der Waals surface area contributed by atoms with Gasteiger partial charge in [0.1, 0.15) is 4.90 Å². The standard InChI is InChI=1S/C10H13F3N2O3S/c1-5(16)7(14)4-15-19(17,18)8-3-2-6(11)9(12)10(8)13/h2-3,5,7,15-16H,4,14H2,1H3. The Morgan fingerprint density at radius 2 is 1.89 bits per heavy atom. The second-order valence-electron chi connectivity index (χ2n) is 3.93. The molecule has 9 heteroatoms. The first-order chi connectivity index (χ1) is 8.66. The van der Waals surface area contributed by atoms with E-state index in [2.05, 4.69) is 0 Å². The number of aliphatic hydroxyl groups excluding tert-OH is 1. The Hall–Kier alpha value is -1.16. The van der Waals surface area contributed by atoms with Crippen LogP contribution in [0.15, 0.2) is 17.0 Å². The number of rotatable bonds is 5. The van der Waals surface area contributed by atoms with Crippen LogP contribution in [0.3, 0.4) is 0 Å². The number of aliphatic hydroxyl groups is 1. The molecule has 0 aliphatic carbocycles. The van der Waals surface area contributed by atoms with Crippen LogP contribution in [0.5, 0.6) is 0 Å². The summed E-state index contributed by atoms with van der Waals surface area (Å²) in [4.78, 5) is -1.02. The van der Waals surface area contributed by atoms with Crippen LogP contribution in [0, 0.1) is 17.5 Å². The maximum Gasteiger partial charge on any atom is 0.243 e. The van der Waals surface area contributed by atoms with Crippen molar-refractivity contribution in [2.75, 3.05) is 6.54 Å². The van der Waals surface area contributed by atoms with Crippen molar-refractivity contribution in [2.24, 2.45) is 5.73 Å². The van der Waals surface area contributed by atoms with Crippen LogP contribution in [-0.2, 0) is 10.0 Å². The lowest BCUT2D eigenvalue weighted by Crippen LogP contribution is -2.43. The van der Waals surface area contributed by atoms with Crippen LogP contribution in [0.4, 0.5) is 13.2 Å². The van der Waals surface area contributed by atoms with Crippen molar-refractivity contribution in [3.63, 3.8) is 0 Å². The molecule has 108 valence electrons. The van der Waals surface area contributed by atoms with E-state index in [4.69, 9.17) is 10.8 Å². The van der Waals surface area contributed by atoms with Crippen molar-refractivity contribution in [1.29, 1.82) is 0 Å². The molecule has 1 aromatic carbocycles. The molecule has 0 spiro atoms. The Bertz CT molecular complexity index is 563. The molecule has 0 saturated heterocycles. The van der Waals surface area contributed by atoms with E-state index < -0.39 is 44.5 Å². The maximum absolute atomic E-state index is 13.3. The topological polar surface area (TPSA) is 92.4 Å². The molecule has 0 heterocycles. The van der Waals surface area contributed by atoms with E-state index in [9.17, 15) is 21.6 Å². The van der Waals surface area contributed by atoms with Gasteiger partial charge >= 0.3 is 0 Å². The average Bonchev–Trinajstić information content (AvgIpc) is 2.32. The SMILES string of the molecule is CC(O)C(N)CNS(=O)(=O)c1ccc(F)c(F)c1F. The highest BCUT2D eigenvalue weighted by Gasteiger charge is 2.24. The van der Waals surface area contributed by atoms with Gasteiger partial charge in [-0.15, -0.1) is 0 Å². The normalized spacial score (nSPS) is 15.3. The molecule has 2 atom stereocenters. The maximum atomic E-state index is 13.3. The van der Waals surface area contributed by atoms with Crippen LogP contribution in [0.25, 0.3) is 0 Å². The summed E-state index contributed by atoms with van der Waals surface area (Å²) in [5, 5.41) is 9.08. The quantitative estimate of drug-likeness (QED) is 0.672. The summed E-state index contributed by atoms with van der Waals surface area (Å²) >= 11 is 0. The summed E-state index contributed by atoms with van der Waals surface area (Å²) in [6.45, 7) is 0.968. The first-order valence-electron chi connectivity index (χ1n) is 5.23. The van der Waals surface area contributed by atoms with Crippen molar-refractivity contribution < 1.29 is 26.7 Å². The van der Waals surface area contributed by atoms with Crippen molar-refractivity contribution in [3.05, 3.63) is 29.6 Å². The predicted octanol–water partition coefficient (Wildman–Crippen LogP) is 0.0903. The second kappa shape index (κ2) is 5.87. The van der Waals surface area contributed by atoms with E-state index >= 15 is 0 Å². The van der Waals surface area contributed by atoms with Crippen LogP contribution < -0.4 is 10.5 Å². The summed E-state index contributed by atoms with van der Waals surface area (Å²) < 4.78 is 64.2. The molecule has 2 unspecified atom stereocenters. The molecule has 0 saturated carbocycles. The highest BCUT2D eigenvalue weighted by atomic mass is 32.2. The molecule has 5 nitrogen and oxygen atoms in total. The lowest BCUT2D eigenvalue weighted by molar-refractivity contribution is 0.164. The molecule has 1 aromatic rings. The molecule has 0 bridgehead atoms. The van der Waals surface area contributed by atoms with Crippen molar-refractivity contribution in [1.82, 2.24) is 4.72 Å². The number of hydrogen-bond acceptors (Lipinski definition) is 4. The second-order valence-corrected chi connectivity index (χ2v) is 5.67. The Labute approximate surface area is 108 Å². The van der Waals surface area contributed by atoms with E-state index in [1.54, 1.807) is 0 Å². The van der Waals surface area contributed by atoms with Crippen LogP contribution >= 0.6 is 0 Å². The van der Waals surface area contributed by atoms with Gasteiger partial charge in [-0.1, -0.05) is 0 Å². The van der Waals surface area contributed by atoms with Crippen LogP contribution in [0.1, 0.15) is 6.92 Å². The molecule has 19 heavy (non-hydrogen) atoms. The molecule has 0 aromatic heterocycles. The molecule has 1 rings (SSSR count). The Morgan fingerprint density at radius 3 is 2.42 bits per heavy atom. The number of nitrogens with two attached hydrogens (primary N) is 1. The minimum absolute atomic E-state index is 0.377. The minimum atomic E-state index is -4.38. The monoisotopic (exact) mass is 298 g/mol. The van der Waals surface area contributed by atoms with Gasteiger partial charge in [0.15, 0.2) is 17.5 Å². The molecule has 0 aliphatic heterocycles. The number of sulfonamides is 1. The van der Waals surface area contributed by atoms with Gasteiger partial charge in [-0.3, -0.25) is 0 Å². The van der Waals surface area contributed by atoms with Gasteiger partial charge in [0.2, 0.25) is 10.0 Å². The minimum Gasteiger partial charge on any atom is -0.392 e. The first-order valence-corrected chi connectivity index (χ1v) is 6.72. The fourth-order valence-electron chi connectivity index (χ4n) is 1.17. The van der Waals surface area contributed by atoms with Crippen molar-refractivity contribution >= 4 is 10.0 Å². The van der Waals surface area contributed by atoms with Gasteiger partial charge in [-0.2, -0.15) is 0 Å². The third-order valence-corrected chi connectivity index (χ3v) is 3.86. The zero-order chi connectivity index (χ0) is 14.8. The largest absolute Gasteiger partial charge is 0.392 e. The molecule has 4 N–H and O–H groups in total. The molecule has 0 aliphatic rings. The number of hydrogen-bond donors (Lipinski definition) is 3. The summed E-state index contributed by atoms with van der Waals surface area (Å²) in [5.74, 6) is -5.17. The van der Waals surface area contributed by atoms with E-state index in [-0.39, 0.29) is 6.54 Å². The fourth-order valence-corrected chi connectivity index (χ4v) is 2.31. The Kier molecular flexibility index (Phi) is 4.91. The molecule has 0 radical (unpaired) electrons. The third kappa shape index (κ3) is 3.66. The van der Waals surface area contributed by atoms with Gasteiger partial charge < -0.3 is 10.8 Å². The zero-order valence-corrected chi connectivity index (χ0v) is 10.7. The average molecular weight is 298 g/mol. The highest BCUT2D eigenvalue weighted by molar-refractivity contribution is 7.89. The van der Waals surface area contributed by atoms with Gasteiger partial charge in [0.05, 0.1) is 6.10 Å². The first kappa shape index (κ1) is 15.9. The van der Waals surface area contributed by atoms with E-state index in [0.29, 0.717) is 12.1 Å². The summed E-state index contributed by atoms with van der Waals surface area (Å²) in [6.07, 6.45) is -0.988. The lowest BCUT2D eigenvalue weighted by Gasteiger charge is -2.15. The zero-order valence-electron chi connectivity index (χ0n) is 9.90. The molecular weight excluding hydrogens is 285 g/mol. The Morgan fingerprint density at radius 1 is 1.32 bits per heavy atom. The van der Waals surface area contributed by atoms with E-state index in [1.807, 2.05) is 4.72 Å². The van der Waals surface area contributed by atoms with Gasteiger partial charge in [0, 0.05) is 12.6 Å². The van der Waals surface area contributed by atoms with E-state index in [1.165, 1.54) is 6.92 Å². The molecule has 0 amide bonds. The van der Waals surface area contributed by atoms with Crippen molar-refractivity contribution in [2.45, 2.75) is 24.0 Å². The van der Waals surface area contributed by atoms with Gasteiger partial charge in [-0.25, -0.2) is 26.3 Å². The fraction of sp³-hybridized carbons (Fsp3) is 0.400. The predicted molar refractivity (Wildman–Crippen MR) is 61.2 cm³/mol. The lowest BCUT2D eigenvalue weighted by atomic mass is 10.2. The summed E-state index contributed by atoms with van der Waals surface area (Å²) in [6, 6.07) is 0.189. The van der Waals surface area contributed by atoms with Crippen LogP contribution in [0.2, 0.25) is 0 Å². The molecular formula is C10H13F3N2O3S. The number of nitrogens with one attached hydrogen (secondary N) is 1.